The van der Waals surface area contributed by atoms with E-state index in [2.05, 4.69) is 4.74 Å². The fourth-order valence-corrected chi connectivity index (χ4v) is 2.33. The van der Waals surface area contributed by atoms with Crippen LogP contribution in [0.2, 0.25) is 0 Å². The second-order valence-electron chi connectivity index (χ2n) is 4.23. The molecule has 0 saturated carbocycles. The first-order chi connectivity index (χ1) is 10.4. The van der Waals surface area contributed by atoms with Crippen LogP contribution in [-0.4, -0.2) is 19.3 Å². The first-order valence-electron chi connectivity index (χ1n) is 6.01. The first-order valence-corrected chi connectivity index (χ1v) is 7.23. The van der Waals surface area contributed by atoms with Crippen molar-refractivity contribution in [3.05, 3.63) is 53.1 Å². The van der Waals surface area contributed by atoms with Crippen molar-refractivity contribution in [2.45, 2.75) is 4.90 Å². The van der Waals surface area contributed by atoms with E-state index in [4.69, 9.17) is 0 Å². The minimum Gasteiger partial charge on any atom is -0.465 e. The number of esters is 1. The van der Waals surface area contributed by atoms with Crippen LogP contribution >= 0.6 is 11.8 Å². The highest BCUT2D eigenvalue weighted by Crippen LogP contribution is 2.33. The number of thioether (sulfide) groups is 1. The zero-order chi connectivity index (χ0) is 16.4. The van der Waals surface area contributed by atoms with Crippen LogP contribution in [0.25, 0.3) is 11.1 Å². The summed E-state index contributed by atoms with van der Waals surface area (Å²) in [5.41, 5.74) is -2.29. The number of hydrogen-bond donors (Lipinski definition) is 0. The van der Waals surface area contributed by atoms with Gasteiger partial charge in [-0.15, -0.1) is 11.8 Å². The van der Waals surface area contributed by atoms with E-state index in [1.165, 1.54) is 23.9 Å². The molecule has 0 amide bonds. The zero-order valence-electron chi connectivity index (χ0n) is 11.5. The van der Waals surface area contributed by atoms with Crippen LogP contribution in [0.3, 0.4) is 0 Å². The standard InChI is InChI=1S/C15H10F4O2S/c1-21-15(20)10-13(18)11(16)9(12(17)14(10)19)7-3-5-8(22-2)6-4-7/h3-6H,1-2H3. The molecule has 0 aliphatic carbocycles. The van der Waals surface area contributed by atoms with Crippen LogP contribution in [0.5, 0.6) is 0 Å². The summed E-state index contributed by atoms with van der Waals surface area (Å²) >= 11 is 1.40. The number of carbonyl (C=O) groups excluding carboxylic acids is 1. The molecule has 0 aliphatic heterocycles. The summed E-state index contributed by atoms with van der Waals surface area (Å²) in [6, 6.07) is 5.79. The van der Waals surface area contributed by atoms with Gasteiger partial charge in [-0.05, 0) is 24.0 Å². The molecular formula is C15H10F4O2S. The van der Waals surface area contributed by atoms with Gasteiger partial charge in [0.15, 0.2) is 23.3 Å². The van der Waals surface area contributed by atoms with Crippen LogP contribution in [0.15, 0.2) is 29.2 Å². The Bertz CT molecular complexity index is 700. The van der Waals surface area contributed by atoms with Crippen molar-refractivity contribution < 1.29 is 27.1 Å². The lowest BCUT2D eigenvalue weighted by Crippen LogP contribution is -2.13. The highest BCUT2D eigenvalue weighted by molar-refractivity contribution is 7.98. The summed E-state index contributed by atoms with van der Waals surface area (Å²) in [6.07, 6.45) is 1.81. The minimum atomic E-state index is -1.78. The van der Waals surface area contributed by atoms with Crippen molar-refractivity contribution in [2.24, 2.45) is 0 Å². The highest BCUT2D eigenvalue weighted by atomic mass is 32.2. The van der Waals surface area contributed by atoms with E-state index in [1.807, 2.05) is 0 Å². The molecule has 0 heterocycles. The Balaban J connectivity index is 2.69. The minimum absolute atomic E-state index is 0.0398. The van der Waals surface area contributed by atoms with Crippen molar-refractivity contribution in [3.8, 4) is 11.1 Å². The van der Waals surface area contributed by atoms with Gasteiger partial charge in [0.05, 0.1) is 12.7 Å². The summed E-state index contributed by atoms with van der Waals surface area (Å²) in [5, 5.41) is 0. The fourth-order valence-electron chi connectivity index (χ4n) is 1.92. The first kappa shape index (κ1) is 16.4. The average molecular weight is 330 g/mol. The number of benzene rings is 2. The number of ether oxygens (including phenoxy) is 1. The van der Waals surface area contributed by atoms with Gasteiger partial charge in [0.1, 0.15) is 5.56 Å². The van der Waals surface area contributed by atoms with Crippen molar-refractivity contribution in [2.75, 3.05) is 13.4 Å². The zero-order valence-corrected chi connectivity index (χ0v) is 12.4. The molecule has 0 radical (unpaired) electrons. The maximum absolute atomic E-state index is 14.1. The summed E-state index contributed by atoms with van der Waals surface area (Å²) < 4.78 is 60.0. The van der Waals surface area contributed by atoms with Crippen molar-refractivity contribution >= 4 is 17.7 Å². The normalized spacial score (nSPS) is 10.6. The Kier molecular flexibility index (Phi) is 4.75. The third-order valence-electron chi connectivity index (χ3n) is 3.03. The molecule has 0 unspecified atom stereocenters. The summed E-state index contributed by atoms with van der Waals surface area (Å²) in [5.74, 6) is -8.34. The van der Waals surface area contributed by atoms with Crippen LogP contribution in [0.4, 0.5) is 17.6 Å². The van der Waals surface area contributed by atoms with E-state index in [-0.39, 0.29) is 5.56 Å². The maximum atomic E-state index is 14.1. The molecule has 2 nitrogen and oxygen atoms in total. The molecule has 0 aromatic heterocycles. The van der Waals surface area contributed by atoms with Crippen molar-refractivity contribution in [1.29, 1.82) is 0 Å². The number of hydrogen-bond acceptors (Lipinski definition) is 3. The second-order valence-corrected chi connectivity index (χ2v) is 5.11. The molecule has 2 aromatic carbocycles. The smallest absolute Gasteiger partial charge is 0.344 e. The molecule has 0 N–H and O–H groups in total. The monoisotopic (exact) mass is 330 g/mol. The van der Waals surface area contributed by atoms with Gasteiger partial charge in [-0.2, -0.15) is 0 Å². The van der Waals surface area contributed by atoms with Gasteiger partial charge in [0.25, 0.3) is 0 Å². The maximum Gasteiger partial charge on any atom is 0.344 e. The third kappa shape index (κ3) is 2.68. The van der Waals surface area contributed by atoms with E-state index in [0.29, 0.717) is 0 Å². The SMILES string of the molecule is COC(=O)c1c(F)c(F)c(-c2ccc(SC)cc2)c(F)c1F. The lowest BCUT2D eigenvalue weighted by molar-refractivity contribution is 0.0587. The van der Waals surface area contributed by atoms with Crippen molar-refractivity contribution in [3.63, 3.8) is 0 Å². The summed E-state index contributed by atoms with van der Waals surface area (Å²) in [4.78, 5) is 12.1. The van der Waals surface area contributed by atoms with Gasteiger partial charge < -0.3 is 4.74 Å². The van der Waals surface area contributed by atoms with E-state index in [0.717, 1.165) is 12.0 Å². The molecule has 2 rings (SSSR count). The molecule has 0 aliphatic rings. The summed E-state index contributed by atoms with van der Waals surface area (Å²) in [6.45, 7) is 0. The van der Waals surface area contributed by atoms with Gasteiger partial charge >= 0.3 is 5.97 Å². The molecule has 0 spiro atoms. The topological polar surface area (TPSA) is 26.3 Å². The number of rotatable bonds is 3. The molecule has 0 bridgehead atoms. The van der Waals surface area contributed by atoms with Gasteiger partial charge in [-0.3, -0.25) is 0 Å². The molecule has 7 heteroatoms. The van der Waals surface area contributed by atoms with E-state index in [9.17, 15) is 22.4 Å². The van der Waals surface area contributed by atoms with E-state index in [1.54, 1.807) is 18.4 Å². The molecule has 116 valence electrons. The summed E-state index contributed by atoms with van der Waals surface area (Å²) in [7, 11) is 0.853. The molecule has 0 saturated heterocycles. The second kappa shape index (κ2) is 6.39. The lowest BCUT2D eigenvalue weighted by atomic mass is 10.0. The highest BCUT2D eigenvalue weighted by Gasteiger charge is 2.30. The molecule has 0 fully saturated rings. The fraction of sp³-hybridized carbons (Fsp3) is 0.133. The molecule has 22 heavy (non-hydrogen) atoms. The Morgan fingerprint density at radius 1 is 0.955 bits per heavy atom. The van der Waals surface area contributed by atoms with Crippen LogP contribution < -0.4 is 0 Å². The van der Waals surface area contributed by atoms with Gasteiger partial charge in [-0.25, -0.2) is 22.4 Å². The predicted molar refractivity (Wildman–Crippen MR) is 74.8 cm³/mol. The quantitative estimate of drug-likeness (QED) is 0.361. The van der Waals surface area contributed by atoms with Gasteiger partial charge in [0.2, 0.25) is 0 Å². The Morgan fingerprint density at radius 2 is 1.45 bits per heavy atom. The Morgan fingerprint density at radius 3 is 1.86 bits per heavy atom. The van der Waals surface area contributed by atoms with Crippen LogP contribution in [-0.2, 0) is 4.74 Å². The lowest BCUT2D eigenvalue weighted by Gasteiger charge is -2.11. The Labute approximate surface area is 128 Å². The predicted octanol–water partition coefficient (Wildman–Crippen LogP) is 4.42. The van der Waals surface area contributed by atoms with Crippen molar-refractivity contribution in [1.82, 2.24) is 0 Å². The molecular weight excluding hydrogens is 320 g/mol. The molecule has 2 aromatic rings. The number of carbonyl (C=O) groups is 1. The van der Waals surface area contributed by atoms with Crippen LogP contribution in [0, 0.1) is 23.3 Å². The molecule has 0 atom stereocenters. The number of halogens is 4. The number of methoxy groups -OCH3 is 1. The Hall–Kier alpha value is -2.02. The van der Waals surface area contributed by atoms with Gasteiger partial charge in [-0.1, -0.05) is 12.1 Å². The third-order valence-corrected chi connectivity index (χ3v) is 3.78. The average Bonchev–Trinajstić information content (AvgIpc) is 2.53. The largest absolute Gasteiger partial charge is 0.465 e. The van der Waals surface area contributed by atoms with Crippen LogP contribution in [0.1, 0.15) is 10.4 Å². The van der Waals surface area contributed by atoms with E-state index >= 15 is 0 Å². The van der Waals surface area contributed by atoms with Gasteiger partial charge in [0, 0.05) is 4.90 Å². The van der Waals surface area contributed by atoms with E-state index < -0.39 is 40.4 Å².